The quantitative estimate of drug-likeness (QED) is 0.344. The van der Waals surface area contributed by atoms with Gasteiger partial charge in [-0.2, -0.15) is 0 Å². The van der Waals surface area contributed by atoms with Crippen molar-refractivity contribution in [3.05, 3.63) is 52.1 Å². The molecule has 5 atom stereocenters. The minimum atomic E-state index is -3.55. The molecule has 4 rings (SSSR count). The van der Waals surface area contributed by atoms with Gasteiger partial charge in [0.15, 0.2) is 9.84 Å². The second-order valence-corrected chi connectivity index (χ2v) is 13.7. The van der Waals surface area contributed by atoms with Crippen molar-refractivity contribution >= 4 is 44.8 Å². The predicted molar refractivity (Wildman–Crippen MR) is 158 cm³/mol. The summed E-state index contributed by atoms with van der Waals surface area (Å²) in [6.07, 6.45) is 4.54. The summed E-state index contributed by atoms with van der Waals surface area (Å²) in [7, 11) is -2.25. The van der Waals surface area contributed by atoms with Crippen LogP contribution in [0.25, 0.3) is 11.3 Å². The minimum absolute atomic E-state index is 0.0504. The summed E-state index contributed by atoms with van der Waals surface area (Å²) in [5.41, 5.74) is 1.80. The Morgan fingerprint density at radius 3 is 2.61 bits per heavy atom. The Kier molecular flexibility index (Phi) is 9.48. The zero-order valence-electron chi connectivity index (χ0n) is 24.2. The molecule has 1 aliphatic heterocycles. The zero-order valence-corrected chi connectivity index (χ0v) is 25.8. The second kappa shape index (κ2) is 12.5. The third kappa shape index (κ3) is 6.94. The lowest BCUT2D eigenvalue weighted by Crippen LogP contribution is -2.37. The van der Waals surface area contributed by atoms with Crippen LogP contribution in [0.5, 0.6) is 0 Å². The number of sulfone groups is 1. The standard InChI is InChI=1S/C29H38ClFN4O5S/c1-7-23(41(6,37)38)20-12-19(31)13-21(25(20)30)24-16(3)17(4)26(18-8-9-18)40-27(24)22-10-11-32-28(35-22)33-14-15(2)34-29(36)39-5/h10-13,15-18,23,26H,7-9,14H2,1-6H3,(H,34,36)(H,32,33,35). The Hall–Kier alpha value is -2.92. The maximum absolute atomic E-state index is 15.2. The Morgan fingerprint density at radius 2 is 2.00 bits per heavy atom. The average molecular weight is 609 g/mol. The van der Waals surface area contributed by atoms with Gasteiger partial charge in [0.1, 0.15) is 23.4 Å². The number of hydrogen-bond donors (Lipinski definition) is 2. The molecule has 0 saturated heterocycles. The minimum Gasteiger partial charge on any atom is -0.487 e. The van der Waals surface area contributed by atoms with E-state index >= 15 is 4.39 Å². The van der Waals surface area contributed by atoms with Crippen LogP contribution in [0.3, 0.4) is 0 Å². The van der Waals surface area contributed by atoms with Crippen molar-refractivity contribution in [1.82, 2.24) is 15.3 Å². The highest BCUT2D eigenvalue weighted by atomic mass is 35.5. The predicted octanol–water partition coefficient (Wildman–Crippen LogP) is 5.87. The molecule has 12 heteroatoms. The molecule has 5 unspecified atom stereocenters. The summed E-state index contributed by atoms with van der Waals surface area (Å²) < 4.78 is 51.7. The molecule has 1 aliphatic carbocycles. The van der Waals surface area contributed by atoms with Gasteiger partial charge >= 0.3 is 6.09 Å². The van der Waals surface area contributed by atoms with Gasteiger partial charge in [-0.3, -0.25) is 0 Å². The number of anilines is 1. The number of rotatable bonds is 10. The fourth-order valence-corrected chi connectivity index (χ4v) is 7.16. The van der Waals surface area contributed by atoms with E-state index in [0.717, 1.165) is 19.1 Å². The van der Waals surface area contributed by atoms with Gasteiger partial charge in [-0.25, -0.2) is 27.6 Å². The van der Waals surface area contributed by atoms with Gasteiger partial charge in [-0.05, 0) is 61.8 Å². The largest absolute Gasteiger partial charge is 0.487 e. The number of hydrogen-bond acceptors (Lipinski definition) is 8. The number of nitrogens with zero attached hydrogens (tertiary/aromatic N) is 2. The summed E-state index contributed by atoms with van der Waals surface area (Å²) in [6, 6.07) is 4.02. The second-order valence-electron chi connectivity index (χ2n) is 11.1. The molecule has 9 nitrogen and oxygen atoms in total. The van der Waals surface area contributed by atoms with Crippen LogP contribution in [0.15, 0.2) is 24.4 Å². The molecule has 2 aliphatic rings. The van der Waals surface area contributed by atoms with Crippen molar-refractivity contribution in [2.24, 2.45) is 17.8 Å². The lowest BCUT2D eigenvalue weighted by Gasteiger charge is -2.39. The van der Waals surface area contributed by atoms with Crippen LogP contribution in [0.4, 0.5) is 15.1 Å². The van der Waals surface area contributed by atoms with Crippen LogP contribution >= 0.6 is 11.6 Å². The molecule has 41 heavy (non-hydrogen) atoms. The first-order valence-electron chi connectivity index (χ1n) is 13.9. The topological polar surface area (TPSA) is 120 Å². The van der Waals surface area contributed by atoms with E-state index in [4.69, 9.17) is 21.3 Å². The van der Waals surface area contributed by atoms with Crippen LogP contribution in [-0.4, -0.2) is 56.5 Å². The molecule has 2 aromatic rings. The van der Waals surface area contributed by atoms with Gasteiger partial charge in [0.25, 0.3) is 0 Å². The molecule has 0 spiro atoms. The van der Waals surface area contributed by atoms with Gasteiger partial charge in [-0.15, -0.1) is 0 Å². The fourth-order valence-electron chi connectivity index (χ4n) is 5.50. The highest BCUT2D eigenvalue weighted by Gasteiger charge is 2.45. The van der Waals surface area contributed by atoms with Gasteiger partial charge in [-0.1, -0.05) is 32.4 Å². The molecule has 1 amide bonds. The van der Waals surface area contributed by atoms with E-state index in [-0.39, 0.29) is 41.0 Å². The summed E-state index contributed by atoms with van der Waals surface area (Å²) in [4.78, 5) is 20.5. The Balaban J connectivity index is 1.82. The number of methoxy groups -OCH3 is 1. The number of allylic oxidation sites excluding steroid dienone is 1. The maximum Gasteiger partial charge on any atom is 0.407 e. The lowest BCUT2D eigenvalue weighted by molar-refractivity contribution is 0.0637. The van der Waals surface area contributed by atoms with E-state index < -0.39 is 27.0 Å². The lowest BCUT2D eigenvalue weighted by atomic mass is 9.77. The van der Waals surface area contributed by atoms with E-state index in [1.807, 2.05) is 6.92 Å². The van der Waals surface area contributed by atoms with Crippen LogP contribution < -0.4 is 10.6 Å². The van der Waals surface area contributed by atoms with E-state index in [0.29, 0.717) is 41.0 Å². The molecule has 1 aromatic carbocycles. The van der Waals surface area contributed by atoms with Crippen LogP contribution in [0.1, 0.15) is 69.0 Å². The maximum atomic E-state index is 15.2. The van der Waals surface area contributed by atoms with Crippen LogP contribution in [-0.2, 0) is 19.3 Å². The van der Waals surface area contributed by atoms with E-state index in [9.17, 15) is 13.2 Å². The number of nitrogens with one attached hydrogen (secondary N) is 2. The fraction of sp³-hybridized carbons (Fsp3) is 0.552. The summed E-state index contributed by atoms with van der Waals surface area (Å²) in [6.45, 7) is 8.07. The van der Waals surface area contributed by atoms with Crippen molar-refractivity contribution in [3.8, 4) is 0 Å². The smallest absolute Gasteiger partial charge is 0.407 e. The molecule has 1 saturated carbocycles. The van der Waals surface area contributed by atoms with E-state index in [1.165, 1.54) is 19.2 Å². The van der Waals surface area contributed by atoms with Crippen molar-refractivity contribution in [3.63, 3.8) is 0 Å². The summed E-state index contributed by atoms with van der Waals surface area (Å²) >= 11 is 6.93. The highest BCUT2D eigenvalue weighted by molar-refractivity contribution is 7.90. The molecular weight excluding hydrogens is 571 g/mol. The first-order valence-corrected chi connectivity index (χ1v) is 16.2. The number of carbonyl (C=O) groups excluding carboxylic acids is 1. The van der Waals surface area contributed by atoms with Gasteiger partial charge in [0.05, 0.1) is 17.4 Å². The number of halogens is 2. The molecular formula is C29H38ClFN4O5S. The number of carbonyl (C=O) groups is 1. The Bertz CT molecular complexity index is 1430. The Labute approximate surface area is 246 Å². The molecule has 224 valence electrons. The first-order chi connectivity index (χ1) is 19.3. The Morgan fingerprint density at radius 1 is 1.29 bits per heavy atom. The van der Waals surface area contributed by atoms with Crippen LogP contribution in [0, 0.1) is 23.6 Å². The number of ether oxygens (including phenoxy) is 2. The normalized spacial score (nSPS) is 22.5. The highest BCUT2D eigenvalue weighted by Crippen LogP contribution is 2.51. The zero-order chi connectivity index (χ0) is 30.1. The molecule has 2 heterocycles. The monoisotopic (exact) mass is 608 g/mol. The third-order valence-electron chi connectivity index (χ3n) is 7.94. The molecule has 2 N–H and O–H groups in total. The molecule has 1 fully saturated rings. The molecule has 0 radical (unpaired) electrons. The molecule has 1 aromatic heterocycles. The third-order valence-corrected chi connectivity index (χ3v) is 9.98. The van der Waals surface area contributed by atoms with Crippen molar-refractivity contribution in [1.29, 1.82) is 0 Å². The summed E-state index contributed by atoms with van der Waals surface area (Å²) in [5.74, 6) is 0.650. The SMILES string of the molecule is CCC(c1cc(F)cc(C2=C(c3ccnc(NCC(C)NC(=O)OC)n3)OC(C3CC3)C(C)C2C)c1Cl)S(C)(=O)=O. The van der Waals surface area contributed by atoms with Gasteiger partial charge in [0, 0.05) is 42.1 Å². The van der Waals surface area contributed by atoms with Crippen LogP contribution in [0.2, 0.25) is 5.02 Å². The van der Waals surface area contributed by atoms with Crippen molar-refractivity contribution in [2.75, 3.05) is 25.2 Å². The number of aromatic nitrogens is 2. The number of alkyl carbamates (subject to hydrolysis) is 1. The average Bonchev–Trinajstić information content (AvgIpc) is 3.76. The summed E-state index contributed by atoms with van der Waals surface area (Å²) in [5, 5.41) is 5.05. The van der Waals surface area contributed by atoms with Crippen molar-refractivity contribution < 1.29 is 27.1 Å². The van der Waals surface area contributed by atoms with Crippen molar-refractivity contribution in [2.45, 2.75) is 64.4 Å². The van der Waals surface area contributed by atoms with Gasteiger partial charge in [0.2, 0.25) is 5.95 Å². The van der Waals surface area contributed by atoms with Gasteiger partial charge < -0.3 is 20.1 Å². The number of benzene rings is 1. The van der Waals surface area contributed by atoms with E-state index in [2.05, 4.69) is 34.2 Å². The first kappa shape index (κ1) is 31.0. The molecule has 0 bridgehead atoms. The number of amides is 1. The van der Waals surface area contributed by atoms with E-state index in [1.54, 1.807) is 19.2 Å².